The average molecular weight is 529 g/mol. The van der Waals surface area contributed by atoms with Crippen molar-refractivity contribution in [2.75, 3.05) is 19.7 Å². The number of halogens is 1. The summed E-state index contributed by atoms with van der Waals surface area (Å²) in [6.45, 7) is 6.59. The molecule has 0 aliphatic carbocycles. The van der Waals surface area contributed by atoms with Crippen molar-refractivity contribution in [2.45, 2.75) is 74.4 Å². The number of hydrogen-bond acceptors (Lipinski definition) is 6. The van der Waals surface area contributed by atoms with Crippen LogP contribution in [0.5, 0.6) is 0 Å². The van der Waals surface area contributed by atoms with Gasteiger partial charge in [0.15, 0.2) is 9.84 Å². The van der Waals surface area contributed by atoms with E-state index in [0.29, 0.717) is 39.0 Å². The lowest BCUT2D eigenvalue weighted by atomic mass is 9.80. The molecule has 2 unspecified atom stereocenters. The van der Waals surface area contributed by atoms with Gasteiger partial charge < -0.3 is 14.4 Å². The summed E-state index contributed by atoms with van der Waals surface area (Å²) >= 11 is 0. The van der Waals surface area contributed by atoms with Gasteiger partial charge in [-0.1, -0.05) is 12.1 Å². The van der Waals surface area contributed by atoms with Crippen molar-refractivity contribution in [1.29, 1.82) is 5.26 Å². The molecule has 2 heterocycles. The number of amides is 1. The average Bonchev–Trinajstić information content (AvgIpc) is 2.88. The van der Waals surface area contributed by atoms with E-state index in [0.717, 1.165) is 12.0 Å². The van der Waals surface area contributed by atoms with E-state index in [9.17, 15) is 22.9 Å². The Morgan fingerprint density at radius 2 is 1.89 bits per heavy atom. The van der Waals surface area contributed by atoms with Crippen molar-refractivity contribution < 1.29 is 27.1 Å². The highest BCUT2D eigenvalue weighted by Gasteiger charge is 2.45. The molecular weight excluding hydrogens is 495 g/mol. The first-order valence-electron chi connectivity index (χ1n) is 12.7. The summed E-state index contributed by atoms with van der Waals surface area (Å²) in [5.41, 5.74) is 0.714. The van der Waals surface area contributed by atoms with Crippen LogP contribution in [-0.4, -0.2) is 55.9 Å². The second-order valence-corrected chi connectivity index (χ2v) is 12.5. The Hall–Kier alpha value is -2.80. The lowest BCUT2D eigenvalue weighted by molar-refractivity contribution is -0.190. The molecule has 2 aliphatic rings. The van der Waals surface area contributed by atoms with Crippen LogP contribution in [-0.2, 0) is 19.3 Å². The number of benzene rings is 2. The third-order valence-corrected chi connectivity index (χ3v) is 9.56. The number of nitriles is 1. The molecular formula is C28H33FN2O5S. The standard InChI is InChI=1S/C28H33FN2O5S/c1-4-35-24-16-25(20-5-8-23(29)9-6-20)36-28(17-24)11-13-31(14-12-28)27(32)21-7-10-26(22(15-21)18-30)37(33,34)19(2)3/h5-10,15,19,24-25H,4,11-14,16-17H2,1-3H3. The second-order valence-electron chi connectivity index (χ2n) is 10.1. The lowest BCUT2D eigenvalue weighted by Crippen LogP contribution is -2.52. The SMILES string of the molecule is CCOC1CC(c2ccc(F)cc2)OC2(CCN(C(=O)c3ccc(S(=O)(=O)C(C)C)c(C#N)c3)CC2)C1. The van der Waals surface area contributed by atoms with Crippen molar-refractivity contribution >= 4 is 15.7 Å². The maximum atomic E-state index is 13.5. The predicted octanol–water partition coefficient (Wildman–Crippen LogP) is 4.81. The first kappa shape index (κ1) is 27.2. The minimum Gasteiger partial charge on any atom is -0.378 e. The molecule has 0 aromatic heterocycles. The Bertz CT molecular complexity index is 1280. The summed E-state index contributed by atoms with van der Waals surface area (Å²) < 4.78 is 51.3. The molecule has 9 heteroatoms. The van der Waals surface area contributed by atoms with Crippen LogP contribution in [0.25, 0.3) is 0 Å². The van der Waals surface area contributed by atoms with Gasteiger partial charge >= 0.3 is 0 Å². The van der Waals surface area contributed by atoms with Crippen molar-refractivity contribution in [3.63, 3.8) is 0 Å². The fraction of sp³-hybridized carbons (Fsp3) is 0.500. The molecule has 198 valence electrons. The molecule has 1 spiro atoms. The fourth-order valence-electron chi connectivity index (χ4n) is 5.25. The van der Waals surface area contributed by atoms with Crippen molar-refractivity contribution in [2.24, 2.45) is 0 Å². The van der Waals surface area contributed by atoms with E-state index in [-0.39, 0.29) is 40.0 Å². The van der Waals surface area contributed by atoms with Crippen LogP contribution in [0.2, 0.25) is 0 Å². The number of carbonyl (C=O) groups excluding carboxylic acids is 1. The largest absolute Gasteiger partial charge is 0.378 e. The molecule has 0 N–H and O–H groups in total. The van der Waals surface area contributed by atoms with Crippen LogP contribution in [0.15, 0.2) is 47.4 Å². The molecule has 1 amide bonds. The summed E-state index contributed by atoms with van der Waals surface area (Å²) in [7, 11) is -3.64. The Labute approximate surface area is 218 Å². The number of rotatable bonds is 6. The first-order valence-corrected chi connectivity index (χ1v) is 14.3. The molecule has 2 saturated heterocycles. The number of piperidine rings is 1. The van der Waals surface area contributed by atoms with Gasteiger partial charge in [-0.25, -0.2) is 12.8 Å². The Kier molecular flexibility index (Phi) is 8.02. The smallest absolute Gasteiger partial charge is 0.253 e. The van der Waals surface area contributed by atoms with Crippen LogP contribution >= 0.6 is 0 Å². The molecule has 2 aliphatic heterocycles. The van der Waals surface area contributed by atoms with E-state index in [2.05, 4.69) is 0 Å². The first-order chi connectivity index (χ1) is 17.6. The predicted molar refractivity (Wildman–Crippen MR) is 136 cm³/mol. The fourth-order valence-corrected chi connectivity index (χ4v) is 6.43. The third kappa shape index (κ3) is 5.71. The van der Waals surface area contributed by atoms with Gasteiger partial charge in [-0.05, 0) is 69.5 Å². The molecule has 2 aromatic rings. The summed E-state index contributed by atoms with van der Waals surface area (Å²) in [5.74, 6) is -0.538. The maximum Gasteiger partial charge on any atom is 0.253 e. The topological polar surface area (TPSA) is 96.7 Å². The van der Waals surface area contributed by atoms with E-state index < -0.39 is 20.7 Å². The highest BCUT2D eigenvalue weighted by Crippen LogP contribution is 2.44. The van der Waals surface area contributed by atoms with Crippen molar-refractivity contribution in [1.82, 2.24) is 4.90 Å². The van der Waals surface area contributed by atoms with Crippen LogP contribution in [0, 0.1) is 17.1 Å². The second kappa shape index (κ2) is 10.9. The van der Waals surface area contributed by atoms with Gasteiger partial charge in [-0.3, -0.25) is 4.79 Å². The molecule has 2 atom stereocenters. The number of likely N-dealkylation sites (tertiary alicyclic amines) is 1. The molecule has 0 bridgehead atoms. The summed E-state index contributed by atoms with van der Waals surface area (Å²) in [6, 6.07) is 12.5. The summed E-state index contributed by atoms with van der Waals surface area (Å²) in [4.78, 5) is 15.0. The molecule has 4 rings (SSSR count). The minimum atomic E-state index is -3.64. The summed E-state index contributed by atoms with van der Waals surface area (Å²) in [5, 5.41) is 8.89. The normalized spacial score (nSPS) is 21.7. The van der Waals surface area contributed by atoms with E-state index in [4.69, 9.17) is 9.47 Å². The van der Waals surface area contributed by atoms with Crippen molar-refractivity contribution in [3.05, 3.63) is 65.0 Å². The third-order valence-electron chi connectivity index (χ3n) is 7.35. The highest BCUT2D eigenvalue weighted by atomic mass is 32.2. The number of ether oxygens (including phenoxy) is 2. The van der Waals surface area contributed by atoms with Crippen LogP contribution in [0.4, 0.5) is 4.39 Å². The molecule has 7 nitrogen and oxygen atoms in total. The van der Waals surface area contributed by atoms with Gasteiger partial charge in [0.05, 0.1) is 33.5 Å². The van der Waals surface area contributed by atoms with E-state index >= 15 is 0 Å². The molecule has 0 radical (unpaired) electrons. The Balaban J connectivity index is 1.50. The van der Waals surface area contributed by atoms with Gasteiger partial charge in [0, 0.05) is 38.1 Å². The molecule has 0 saturated carbocycles. The van der Waals surface area contributed by atoms with Crippen LogP contribution in [0.3, 0.4) is 0 Å². The van der Waals surface area contributed by atoms with Crippen LogP contribution in [0.1, 0.15) is 74.0 Å². The zero-order valence-corrected chi connectivity index (χ0v) is 22.3. The molecule has 37 heavy (non-hydrogen) atoms. The zero-order chi connectivity index (χ0) is 26.8. The number of hydrogen-bond donors (Lipinski definition) is 0. The Morgan fingerprint density at radius 1 is 1.22 bits per heavy atom. The molecule has 2 aromatic carbocycles. The van der Waals surface area contributed by atoms with Gasteiger partial charge in [0.25, 0.3) is 5.91 Å². The monoisotopic (exact) mass is 528 g/mol. The minimum absolute atomic E-state index is 0.00434. The van der Waals surface area contributed by atoms with E-state index in [1.165, 1.54) is 30.3 Å². The quantitative estimate of drug-likeness (QED) is 0.534. The van der Waals surface area contributed by atoms with Gasteiger partial charge in [-0.15, -0.1) is 0 Å². The van der Waals surface area contributed by atoms with E-state index in [1.54, 1.807) is 30.9 Å². The number of sulfone groups is 1. The van der Waals surface area contributed by atoms with Crippen LogP contribution < -0.4 is 0 Å². The van der Waals surface area contributed by atoms with E-state index in [1.807, 2.05) is 13.0 Å². The maximum absolute atomic E-state index is 13.5. The lowest BCUT2D eigenvalue weighted by Gasteiger charge is -2.48. The van der Waals surface area contributed by atoms with Gasteiger partial charge in [-0.2, -0.15) is 5.26 Å². The van der Waals surface area contributed by atoms with Crippen molar-refractivity contribution in [3.8, 4) is 6.07 Å². The Morgan fingerprint density at radius 3 is 2.49 bits per heavy atom. The number of carbonyl (C=O) groups is 1. The highest BCUT2D eigenvalue weighted by molar-refractivity contribution is 7.92. The van der Waals surface area contributed by atoms with Gasteiger partial charge in [0.2, 0.25) is 0 Å². The van der Waals surface area contributed by atoms with Gasteiger partial charge in [0.1, 0.15) is 11.9 Å². The summed E-state index contributed by atoms with van der Waals surface area (Å²) in [6.07, 6.45) is 2.43. The molecule has 2 fully saturated rings. The zero-order valence-electron chi connectivity index (χ0n) is 21.4. The number of nitrogens with zero attached hydrogens (tertiary/aromatic N) is 2.